The zero-order chi connectivity index (χ0) is 23.3. The third kappa shape index (κ3) is 6.05. The van der Waals surface area contributed by atoms with Gasteiger partial charge in [0.05, 0.1) is 16.1 Å². The topological polar surface area (TPSA) is 70.2 Å². The average Bonchev–Trinajstić information content (AvgIpc) is 2.73. The molecular formula is C22H15ClF3N3O2S. The maximum atomic E-state index is 12.9. The smallest absolute Gasteiger partial charge is 0.332 e. The van der Waals surface area contributed by atoms with Crippen LogP contribution in [0.2, 0.25) is 5.02 Å². The molecule has 3 N–H and O–H groups in total. The molecule has 0 atom stereocenters. The summed E-state index contributed by atoms with van der Waals surface area (Å²) < 4.78 is 38.6. The standard InChI is InChI=1S/C22H15ClF3N3O2S/c23-18-10-2-1-9-17(18)20(31)29-21(32)28-15-7-3-5-13(11-15)19(30)27-16-8-4-6-14(12-16)22(24,25)26/h1-12H,(H,27,30)(H2,28,29,31,32). The van der Waals surface area contributed by atoms with Crippen LogP contribution in [-0.2, 0) is 6.18 Å². The molecule has 0 aliphatic rings. The Morgan fingerprint density at radius 1 is 0.812 bits per heavy atom. The molecule has 3 aromatic carbocycles. The van der Waals surface area contributed by atoms with Gasteiger partial charge in [0.25, 0.3) is 11.8 Å². The molecule has 2 amide bonds. The summed E-state index contributed by atoms with van der Waals surface area (Å²) in [5.74, 6) is -1.12. The summed E-state index contributed by atoms with van der Waals surface area (Å²) in [5.41, 5.74) is -0.0534. The van der Waals surface area contributed by atoms with E-state index in [2.05, 4.69) is 16.0 Å². The molecule has 5 nitrogen and oxygen atoms in total. The van der Waals surface area contributed by atoms with Crippen molar-refractivity contribution >= 4 is 52.1 Å². The van der Waals surface area contributed by atoms with E-state index in [1.807, 2.05) is 0 Å². The largest absolute Gasteiger partial charge is 0.416 e. The molecule has 164 valence electrons. The van der Waals surface area contributed by atoms with Crippen molar-refractivity contribution in [2.24, 2.45) is 0 Å². The highest BCUT2D eigenvalue weighted by Gasteiger charge is 2.30. The van der Waals surface area contributed by atoms with Gasteiger partial charge >= 0.3 is 6.18 Å². The predicted octanol–water partition coefficient (Wildman–Crippen LogP) is 5.74. The van der Waals surface area contributed by atoms with Crippen LogP contribution < -0.4 is 16.0 Å². The monoisotopic (exact) mass is 477 g/mol. The molecule has 0 aliphatic heterocycles. The van der Waals surface area contributed by atoms with E-state index in [4.69, 9.17) is 23.8 Å². The lowest BCUT2D eigenvalue weighted by Gasteiger charge is -2.12. The Morgan fingerprint density at radius 3 is 2.16 bits per heavy atom. The average molecular weight is 478 g/mol. The van der Waals surface area contributed by atoms with Crippen molar-refractivity contribution in [2.75, 3.05) is 10.6 Å². The van der Waals surface area contributed by atoms with Crippen molar-refractivity contribution in [3.63, 3.8) is 0 Å². The van der Waals surface area contributed by atoms with Crippen LogP contribution in [-0.4, -0.2) is 16.9 Å². The van der Waals surface area contributed by atoms with Gasteiger partial charge in [0.15, 0.2) is 5.11 Å². The van der Waals surface area contributed by atoms with E-state index in [-0.39, 0.29) is 26.9 Å². The molecule has 3 aromatic rings. The number of alkyl halides is 3. The number of halogens is 4. The molecule has 10 heteroatoms. The van der Waals surface area contributed by atoms with Crippen LogP contribution in [0.15, 0.2) is 72.8 Å². The summed E-state index contributed by atoms with van der Waals surface area (Å²) in [7, 11) is 0. The van der Waals surface area contributed by atoms with Gasteiger partial charge in [-0.2, -0.15) is 13.2 Å². The summed E-state index contributed by atoms with van der Waals surface area (Å²) in [6.45, 7) is 0. The van der Waals surface area contributed by atoms with Crippen LogP contribution >= 0.6 is 23.8 Å². The number of carbonyl (C=O) groups excluding carboxylic acids is 2. The van der Waals surface area contributed by atoms with Crippen LogP contribution in [0, 0.1) is 0 Å². The highest BCUT2D eigenvalue weighted by Crippen LogP contribution is 2.30. The number of thiocarbonyl (C=S) groups is 1. The SMILES string of the molecule is O=C(Nc1cccc(C(F)(F)F)c1)c1cccc(NC(=S)NC(=O)c2ccccc2Cl)c1. The fraction of sp³-hybridized carbons (Fsp3) is 0.0455. The first kappa shape index (κ1) is 23.2. The van der Waals surface area contributed by atoms with Gasteiger partial charge in [-0.25, -0.2) is 0 Å². The normalized spacial score (nSPS) is 10.9. The molecule has 0 saturated heterocycles. The lowest BCUT2D eigenvalue weighted by atomic mass is 10.1. The Kier molecular flexibility index (Phi) is 7.12. The second kappa shape index (κ2) is 9.80. The van der Waals surface area contributed by atoms with Crippen LogP contribution in [0.4, 0.5) is 24.5 Å². The number of hydrogen-bond acceptors (Lipinski definition) is 3. The van der Waals surface area contributed by atoms with Crippen molar-refractivity contribution in [3.8, 4) is 0 Å². The maximum Gasteiger partial charge on any atom is 0.416 e. The second-order valence-electron chi connectivity index (χ2n) is 6.50. The molecule has 0 fully saturated rings. The molecule has 0 spiro atoms. The second-order valence-corrected chi connectivity index (χ2v) is 7.32. The van der Waals surface area contributed by atoms with Gasteiger partial charge in [0.1, 0.15) is 0 Å². The summed E-state index contributed by atoms with van der Waals surface area (Å²) in [4.78, 5) is 24.8. The zero-order valence-electron chi connectivity index (χ0n) is 16.2. The summed E-state index contributed by atoms with van der Waals surface area (Å²) >= 11 is 11.1. The Bertz CT molecular complexity index is 1180. The van der Waals surface area contributed by atoms with E-state index < -0.39 is 23.6 Å². The van der Waals surface area contributed by atoms with Gasteiger partial charge in [-0.1, -0.05) is 35.9 Å². The van der Waals surface area contributed by atoms with Crippen molar-refractivity contribution in [1.82, 2.24) is 5.32 Å². The van der Waals surface area contributed by atoms with Gasteiger partial charge in [-0.15, -0.1) is 0 Å². The molecular weight excluding hydrogens is 463 g/mol. The molecule has 3 rings (SSSR count). The van der Waals surface area contributed by atoms with E-state index in [1.54, 1.807) is 36.4 Å². The third-order valence-corrected chi connectivity index (χ3v) is 4.71. The Labute approximate surface area is 191 Å². The maximum absolute atomic E-state index is 12.9. The molecule has 32 heavy (non-hydrogen) atoms. The fourth-order valence-electron chi connectivity index (χ4n) is 2.69. The Balaban J connectivity index is 1.66. The fourth-order valence-corrected chi connectivity index (χ4v) is 3.12. The van der Waals surface area contributed by atoms with Crippen molar-refractivity contribution in [2.45, 2.75) is 6.18 Å². The van der Waals surface area contributed by atoms with Crippen LogP contribution in [0.1, 0.15) is 26.3 Å². The van der Waals surface area contributed by atoms with Crippen molar-refractivity contribution in [1.29, 1.82) is 0 Å². The number of benzene rings is 3. The minimum Gasteiger partial charge on any atom is -0.332 e. The predicted molar refractivity (Wildman–Crippen MR) is 121 cm³/mol. The number of amides is 2. The van der Waals surface area contributed by atoms with E-state index in [0.717, 1.165) is 12.1 Å². The van der Waals surface area contributed by atoms with Crippen molar-refractivity contribution in [3.05, 3.63) is 94.5 Å². The quantitative estimate of drug-likeness (QED) is 0.419. The molecule has 0 aliphatic carbocycles. The summed E-state index contributed by atoms with van der Waals surface area (Å²) in [5, 5.41) is 7.93. The first-order valence-corrected chi connectivity index (χ1v) is 9.87. The van der Waals surface area contributed by atoms with Crippen LogP contribution in [0.3, 0.4) is 0 Å². The first-order valence-electron chi connectivity index (χ1n) is 9.09. The van der Waals surface area contributed by atoms with Gasteiger partial charge in [-0.05, 0) is 60.7 Å². The lowest BCUT2D eigenvalue weighted by molar-refractivity contribution is -0.137. The molecule has 0 radical (unpaired) electrons. The zero-order valence-corrected chi connectivity index (χ0v) is 17.7. The minimum absolute atomic E-state index is 0.00529. The lowest BCUT2D eigenvalue weighted by Crippen LogP contribution is -2.34. The Morgan fingerprint density at radius 2 is 1.47 bits per heavy atom. The number of rotatable bonds is 4. The number of carbonyl (C=O) groups is 2. The molecule has 0 unspecified atom stereocenters. The van der Waals surface area contributed by atoms with E-state index in [9.17, 15) is 22.8 Å². The minimum atomic E-state index is -4.52. The summed E-state index contributed by atoms with van der Waals surface area (Å²) in [6, 6.07) is 16.9. The number of nitrogens with one attached hydrogen (secondary N) is 3. The molecule has 0 bridgehead atoms. The molecule has 0 saturated carbocycles. The van der Waals surface area contributed by atoms with E-state index in [0.29, 0.717) is 5.69 Å². The van der Waals surface area contributed by atoms with Gasteiger partial charge in [0, 0.05) is 16.9 Å². The van der Waals surface area contributed by atoms with Gasteiger partial charge in [-0.3, -0.25) is 14.9 Å². The van der Waals surface area contributed by atoms with Crippen LogP contribution in [0.25, 0.3) is 0 Å². The highest BCUT2D eigenvalue weighted by molar-refractivity contribution is 7.80. The van der Waals surface area contributed by atoms with Crippen LogP contribution in [0.5, 0.6) is 0 Å². The van der Waals surface area contributed by atoms with Crippen molar-refractivity contribution < 1.29 is 22.8 Å². The van der Waals surface area contributed by atoms with Gasteiger partial charge < -0.3 is 10.6 Å². The first-order chi connectivity index (χ1) is 15.1. The van der Waals surface area contributed by atoms with E-state index >= 15 is 0 Å². The Hall–Kier alpha value is -3.43. The van der Waals surface area contributed by atoms with E-state index in [1.165, 1.54) is 24.3 Å². The molecule has 0 aromatic heterocycles. The molecule has 0 heterocycles. The third-order valence-electron chi connectivity index (χ3n) is 4.18. The summed E-state index contributed by atoms with van der Waals surface area (Å²) in [6.07, 6.45) is -4.52. The van der Waals surface area contributed by atoms with Gasteiger partial charge in [0.2, 0.25) is 0 Å². The number of anilines is 2. The number of hydrogen-bond donors (Lipinski definition) is 3. The highest BCUT2D eigenvalue weighted by atomic mass is 35.5.